The van der Waals surface area contributed by atoms with Crippen molar-refractivity contribution in [3.05, 3.63) is 108 Å². The van der Waals surface area contributed by atoms with Gasteiger partial charge in [0.25, 0.3) is 0 Å². The molecule has 0 N–H and O–H groups in total. The van der Waals surface area contributed by atoms with E-state index in [0.29, 0.717) is 16.9 Å². The first-order valence-electron chi connectivity index (χ1n) is 11.7. The van der Waals surface area contributed by atoms with Gasteiger partial charge in [-0.2, -0.15) is 0 Å². The molecule has 34 heavy (non-hydrogen) atoms. The maximum Gasteiger partial charge on any atom is 0.154 e. The van der Waals surface area contributed by atoms with Crippen molar-refractivity contribution in [3.8, 4) is 22.3 Å². The molecule has 0 aromatic heterocycles. The number of anilines is 2. The zero-order valence-corrected chi connectivity index (χ0v) is 20.3. The highest BCUT2D eigenvalue weighted by molar-refractivity contribution is 5.85. The largest absolute Gasteiger partial charge is 0.331 e. The molecule has 0 aliphatic heterocycles. The lowest BCUT2D eigenvalue weighted by molar-refractivity contribution is 0.527. The van der Waals surface area contributed by atoms with E-state index in [-0.39, 0.29) is 17.0 Å². The quantitative estimate of drug-likeness (QED) is 0.299. The van der Waals surface area contributed by atoms with Gasteiger partial charge < -0.3 is 4.90 Å². The van der Waals surface area contributed by atoms with Gasteiger partial charge in [-0.25, -0.2) is 8.78 Å². The lowest BCUT2D eigenvalue weighted by atomic mass is 9.82. The van der Waals surface area contributed by atoms with Crippen LogP contribution in [0.25, 0.3) is 22.3 Å². The van der Waals surface area contributed by atoms with Crippen LogP contribution in [0.4, 0.5) is 20.2 Å². The van der Waals surface area contributed by atoms with Crippen molar-refractivity contribution >= 4 is 11.4 Å². The second kappa shape index (κ2) is 7.80. The summed E-state index contributed by atoms with van der Waals surface area (Å²) in [5.74, 6) is -0.732. The molecule has 0 bridgehead atoms. The first kappa shape index (κ1) is 22.3. The molecule has 0 saturated carbocycles. The molecule has 0 unspecified atom stereocenters. The van der Waals surface area contributed by atoms with Gasteiger partial charge in [-0.3, -0.25) is 0 Å². The molecule has 0 atom stereocenters. The molecule has 4 aromatic rings. The maximum absolute atomic E-state index is 16.2. The van der Waals surface area contributed by atoms with Crippen molar-refractivity contribution in [1.29, 1.82) is 0 Å². The molecule has 1 nitrogen and oxygen atoms in total. The number of hydrogen-bond donors (Lipinski definition) is 0. The van der Waals surface area contributed by atoms with Gasteiger partial charge in [-0.15, -0.1) is 0 Å². The van der Waals surface area contributed by atoms with E-state index in [2.05, 4.69) is 44.2 Å². The number of para-hydroxylation sites is 1. The predicted molar refractivity (Wildman–Crippen MR) is 138 cm³/mol. The second-order valence-electron chi connectivity index (χ2n) is 10.5. The fourth-order valence-electron chi connectivity index (χ4n) is 5.29. The first-order chi connectivity index (χ1) is 16.1. The summed E-state index contributed by atoms with van der Waals surface area (Å²) >= 11 is 0. The Morgan fingerprint density at radius 3 is 2.00 bits per heavy atom. The molecule has 1 aliphatic carbocycles. The van der Waals surface area contributed by atoms with Crippen LogP contribution in [0.1, 0.15) is 45.7 Å². The van der Waals surface area contributed by atoms with Crippen LogP contribution in [-0.2, 0) is 5.41 Å². The summed E-state index contributed by atoms with van der Waals surface area (Å²) in [6.07, 6.45) is 0. The number of fused-ring (bicyclic) bond motifs is 3. The Labute approximate surface area is 200 Å². The van der Waals surface area contributed by atoms with Crippen molar-refractivity contribution in [3.63, 3.8) is 0 Å². The van der Waals surface area contributed by atoms with Gasteiger partial charge in [0.1, 0.15) is 5.82 Å². The number of benzene rings is 4. The third kappa shape index (κ3) is 3.42. The molecule has 0 amide bonds. The van der Waals surface area contributed by atoms with Crippen molar-refractivity contribution < 1.29 is 8.78 Å². The van der Waals surface area contributed by atoms with Crippen LogP contribution >= 0.6 is 0 Å². The molecule has 0 radical (unpaired) electrons. The topological polar surface area (TPSA) is 3.24 Å². The van der Waals surface area contributed by atoms with Crippen LogP contribution in [-0.4, -0.2) is 5.54 Å². The Morgan fingerprint density at radius 2 is 1.26 bits per heavy atom. The van der Waals surface area contributed by atoms with Crippen LogP contribution < -0.4 is 4.90 Å². The van der Waals surface area contributed by atoms with Gasteiger partial charge in [0.15, 0.2) is 5.82 Å². The minimum atomic E-state index is -0.539. The normalized spacial score (nSPS) is 14.0. The van der Waals surface area contributed by atoms with Gasteiger partial charge in [0, 0.05) is 16.5 Å². The van der Waals surface area contributed by atoms with Crippen LogP contribution in [0.5, 0.6) is 0 Å². The molecule has 1 aliphatic rings. The maximum atomic E-state index is 16.2. The zero-order chi connectivity index (χ0) is 24.3. The van der Waals surface area contributed by atoms with E-state index < -0.39 is 5.54 Å². The zero-order valence-electron chi connectivity index (χ0n) is 20.3. The molecule has 3 heteroatoms. The lowest BCUT2D eigenvalue weighted by Crippen LogP contribution is -2.38. The Balaban J connectivity index is 1.67. The predicted octanol–water partition coefficient (Wildman–Crippen LogP) is 8.87. The minimum absolute atomic E-state index is 0.0985. The highest BCUT2D eigenvalue weighted by Gasteiger charge is 2.35. The minimum Gasteiger partial charge on any atom is -0.331 e. The summed E-state index contributed by atoms with van der Waals surface area (Å²) in [6.45, 7) is 10.3. The SMILES string of the molecule is CC1(C)c2ccccc2-c2cc(-c3cccc(N(c4ccccc4F)C(C)(C)C)c3F)ccc21. The number of rotatable bonds is 3. The highest BCUT2D eigenvalue weighted by atomic mass is 19.1. The summed E-state index contributed by atoms with van der Waals surface area (Å²) in [4.78, 5) is 1.74. The van der Waals surface area contributed by atoms with E-state index in [1.54, 1.807) is 35.2 Å². The average molecular weight is 454 g/mol. The number of nitrogens with zero attached hydrogens (tertiary/aromatic N) is 1. The molecular weight excluding hydrogens is 424 g/mol. The standard InChI is InChI=1S/C31H29F2N/c1-30(2,3)34(27-15-9-8-14-26(27)32)28-16-10-12-21(29(28)33)20-17-18-25-23(19-20)22-11-6-7-13-24(22)31(25,4)5/h6-19H,1-5H3. The molecule has 172 valence electrons. The molecular formula is C31H29F2N. The molecule has 0 saturated heterocycles. The molecule has 0 fully saturated rings. The van der Waals surface area contributed by atoms with Gasteiger partial charge >= 0.3 is 0 Å². The smallest absolute Gasteiger partial charge is 0.154 e. The first-order valence-corrected chi connectivity index (χ1v) is 11.7. The van der Waals surface area contributed by atoms with E-state index in [4.69, 9.17) is 0 Å². The van der Waals surface area contributed by atoms with E-state index in [9.17, 15) is 4.39 Å². The van der Waals surface area contributed by atoms with Gasteiger partial charge in [-0.1, -0.05) is 74.5 Å². The summed E-state index contributed by atoms with van der Waals surface area (Å²) in [5.41, 5.74) is 6.27. The van der Waals surface area contributed by atoms with E-state index in [1.165, 1.54) is 22.8 Å². The Bertz CT molecular complexity index is 1390. The van der Waals surface area contributed by atoms with E-state index >= 15 is 4.39 Å². The van der Waals surface area contributed by atoms with Crippen molar-refractivity contribution in [1.82, 2.24) is 0 Å². The fraction of sp³-hybridized carbons (Fsp3) is 0.226. The summed E-state index contributed by atoms with van der Waals surface area (Å²) in [7, 11) is 0. The van der Waals surface area contributed by atoms with Gasteiger partial charge in [0.05, 0.1) is 11.4 Å². The van der Waals surface area contributed by atoms with E-state index in [0.717, 1.165) is 11.1 Å². The van der Waals surface area contributed by atoms with Crippen molar-refractivity contribution in [2.24, 2.45) is 0 Å². The Hall–Kier alpha value is -3.46. The molecule has 5 rings (SSSR count). The average Bonchev–Trinajstić information content (AvgIpc) is 3.02. The fourth-order valence-corrected chi connectivity index (χ4v) is 5.29. The van der Waals surface area contributed by atoms with Crippen molar-refractivity contribution in [2.45, 2.75) is 45.6 Å². The van der Waals surface area contributed by atoms with Gasteiger partial charge in [0.2, 0.25) is 0 Å². The molecule has 4 aromatic carbocycles. The molecule has 0 spiro atoms. The number of halogens is 2. The van der Waals surface area contributed by atoms with Crippen LogP contribution in [0.3, 0.4) is 0 Å². The Morgan fingerprint density at radius 1 is 0.647 bits per heavy atom. The third-order valence-corrected chi connectivity index (χ3v) is 6.88. The summed E-state index contributed by atoms with van der Waals surface area (Å²) < 4.78 is 31.0. The van der Waals surface area contributed by atoms with Crippen LogP contribution in [0, 0.1) is 11.6 Å². The highest BCUT2D eigenvalue weighted by Crippen LogP contribution is 2.50. The van der Waals surface area contributed by atoms with E-state index in [1.807, 2.05) is 39.0 Å². The number of hydrogen-bond acceptors (Lipinski definition) is 1. The van der Waals surface area contributed by atoms with Crippen molar-refractivity contribution in [2.75, 3.05) is 4.90 Å². The second-order valence-corrected chi connectivity index (χ2v) is 10.5. The van der Waals surface area contributed by atoms with Crippen LogP contribution in [0.2, 0.25) is 0 Å². The van der Waals surface area contributed by atoms with Gasteiger partial charge in [-0.05, 0) is 72.9 Å². The Kier molecular flexibility index (Phi) is 5.12. The monoisotopic (exact) mass is 453 g/mol. The van der Waals surface area contributed by atoms with Crippen LogP contribution in [0.15, 0.2) is 84.9 Å². The molecule has 0 heterocycles. The third-order valence-electron chi connectivity index (χ3n) is 6.88. The summed E-state index contributed by atoms with van der Waals surface area (Å²) in [5, 5.41) is 0. The lowest BCUT2D eigenvalue weighted by Gasteiger charge is -2.38. The summed E-state index contributed by atoms with van der Waals surface area (Å²) in [6, 6.07) is 26.5.